The average molecular weight is 384 g/mol. The zero-order valence-corrected chi connectivity index (χ0v) is 15.9. The molecule has 3 aromatic rings. The van der Waals surface area contributed by atoms with Gasteiger partial charge in [0.25, 0.3) is 0 Å². The molecular formula is C21H22BrNO. The number of pyridine rings is 1. The molecule has 1 aromatic heterocycles. The number of benzene rings is 2. The maximum absolute atomic E-state index is 6.01. The number of nitrogens with zero attached hydrogens (tertiary/aromatic N) is 1. The van der Waals surface area contributed by atoms with Crippen molar-refractivity contribution in [1.82, 2.24) is 4.98 Å². The summed E-state index contributed by atoms with van der Waals surface area (Å²) in [7, 11) is 0. The Labute approximate surface area is 152 Å². The molecule has 0 saturated heterocycles. The number of ether oxygens (including phenoxy) is 1. The summed E-state index contributed by atoms with van der Waals surface area (Å²) in [5.41, 5.74) is 3.78. The molecule has 0 aliphatic heterocycles. The minimum absolute atomic E-state index is 0.193. The van der Waals surface area contributed by atoms with Crippen LogP contribution in [0.1, 0.15) is 31.9 Å². The van der Waals surface area contributed by atoms with E-state index in [1.54, 1.807) is 6.20 Å². The van der Waals surface area contributed by atoms with E-state index in [-0.39, 0.29) is 5.41 Å². The number of hydrogen-bond acceptors (Lipinski definition) is 2. The minimum Gasteiger partial charge on any atom is -0.492 e. The van der Waals surface area contributed by atoms with Gasteiger partial charge < -0.3 is 4.74 Å². The molecule has 24 heavy (non-hydrogen) atoms. The van der Waals surface area contributed by atoms with E-state index in [1.165, 1.54) is 11.1 Å². The molecular weight excluding hydrogens is 362 g/mol. The average Bonchev–Trinajstić information content (AvgIpc) is 2.55. The summed E-state index contributed by atoms with van der Waals surface area (Å²) in [4.78, 5) is 4.41. The summed E-state index contributed by atoms with van der Waals surface area (Å²) < 4.78 is 7.00. The standard InChI is InChI=1S/C21H22BrNO/c1-21(2,3)16-9-7-15(8-10-16)12-14-24-19-11-13-23-20-17(19)5-4-6-18(20)22/h4-11,13H,12,14H2,1-3H3. The van der Waals surface area contributed by atoms with Gasteiger partial charge in [0.2, 0.25) is 0 Å². The first-order valence-corrected chi connectivity index (χ1v) is 9.00. The molecule has 0 spiro atoms. The highest BCUT2D eigenvalue weighted by Crippen LogP contribution is 2.29. The van der Waals surface area contributed by atoms with Crippen LogP contribution in [0.4, 0.5) is 0 Å². The molecule has 3 heteroatoms. The molecule has 0 fully saturated rings. The van der Waals surface area contributed by atoms with Crippen LogP contribution in [0.25, 0.3) is 10.9 Å². The summed E-state index contributed by atoms with van der Waals surface area (Å²) in [6.07, 6.45) is 2.68. The topological polar surface area (TPSA) is 22.1 Å². The lowest BCUT2D eigenvalue weighted by Crippen LogP contribution is -2.11. The van der Waals surface area contributed by atoms with Crippen molar-refractivity contribution in [2.45, 2.75) is 32.6 Å². The molecule has 2 nitrogen and oxygen atoms in total. The van der Waals surface area contributed by atoms with Crippen molar-refractivity contribution >= 4 is 26.8 Å². The van der Waals surface area contributed by atoms with E-state index in [9.17, 15) is 0 Å². The summed E-state index contributed by atoms with van der Waals surface area (Å²) >= 11 is 3.54. The van der Waals surface area contributed by atoms with Crippen LogP contribution in [-0.2, 0) is 11.8 Å². The van der Waals surface area contributed by atoms with Crippen LogP contribution in [0, 0.1) is 0 Å². The molecule has 0 amide bonds. The predicted octanol–water partition coefficient (Wildman–Crippen LogP) is 5.92. The Hall–Kier alpha value is -1.87. The molecule has 1 heterocycles. The SMILES string of the molecule is CC(C)(C)c1ccc(CCOc2ccnc3c(Br)cccc23)cc1. The largest absolute Gasteiger partial charge is 0.492 e. The van der Waals surface area contributed by atoms with Crippen LogP contribution in [0.2, 0.25) is 0 Å². The molecule has 0 radical (unpaired) electrons. The van der Waals surface area contributed by atoms with Crippen LogP contribution in [0.3, 0.4) is 0 Å². The minimum atomic E-state index is 0.193. The van der Waals surface area contributed by atoms with Crippen molar-refractivity contribution in [2.75, 3.05) is 6.61 Å². The van der Waals surface area contributed by atoms with Crippen molar-refractivity contribution in [3.05, 3.63) is 70.3 Å². The Bertz CT molecular complexity index is 835. The van der Waals surface area contributed by atoms with Crippen molar-refractivity contribution in [3.8, 4) is 5.75 Å². The molecule has 0 saturated carbocycles. The second kappa shape index (κ2) is 6.94. The second-order valence-electron chi connectivity index (χ2n) is 6.99. The molecule has 0 aliphatic carbocycles. The molecule has 3 rings (SSSR count). The monoisotopic (exact) mass is 383 g/mol. The van der Waals surface area contributed by atoms with Crippen molar-refractivity contribution in [1.29, 1.82) is 0 Å². The first-order valence-electron chi connectivity index (χ1n) is 8.20. The Morgan fingerprint density at radius 2 is 1.75 bits per heavy atom. The lowest BCUT2D eigenvalue weighted by Gasteiger charge is -2.19. The molecule has 0 atom stereocenters. The number of fused-ring (bicyclic) bond motifs is 1. The summed E-state index contributed by atoms with van der Waals surface area (Å²) in [5, 5.41) is 1.04. The predicted molar refractivity (Wildman–Crippen MR) is 104 cm³/mol. The maximum Gasteiger partial charge on any atom is 0.130 e. The fourth-order valence-electron chi connectivity index (χ4n) is 2.69. The molecule has 0 bridgehead atoms. The normalized spacial score (nSPS) is 11.7. The van der Waals surface area contributed by atoms with Crippen molar-refractivity contribution in [2.24, 2.45) is 0 Å². The lowest BCUT2D eigenvalue weighted by molar-refractivity contribution is 0.325. The van der Waals surface area contributed by atoms with Gasteiger partial charge in [-0.3, -0.25) is 4.98 Å². The van der Waals surface area contributed by atoms with Crippen LogP contribution in [0.5, 0.6) is 5.75 Å². The van der Waals surface area contributed by atoms with E-state index >= 15 is 0 Å². The van der Waals surface area contributed by atoms with E-state index in [2.05, 4.69) is 66.0 Å². The fraction of sp³-hybridized carbons (Fsp3) is 0.286. The van der Waals surface area contributed by atoms with E-state index in [1.807, 2.05) is 24.3 Å². The molecule has 124 valence electrons. The number of rotatable bonds is 4. The first-order chi connectivity index (χ1) is 11.4. The Balaban J connectivity index is 1.68. The highest BCUT2D eigenvalue weighted by molar-refractivity contribution is 9.10. The zero-order chi connectivity index (χ0) is 17.2. The summed E-state index contributed by atoms with van der Waals surface area (Å²) in [5.74, 6) is 0.882. The fourth-order valence-corrected chi connectivity index (χ4v) is 3.16. The molecule has 2 aromatic carbocycles. The third kappa shape index (κ3) is 3.78. The highest BCUT2D eigenvalue weighted by atomic mass is 79.9. The van der Waals surface area contributed by atoms with Gasteiger partial charge in [-0.1, -0.05) is 51.1 Å². The van der Waals surface area contributed by atoms with Gasteiger partial charge in [-0.15, -0.1) is 0 Å². The van der Waals surface area contributed by atoms with Gasteiger partial charge in [-0.2, -0.15) is 0 Å². The molecule has 0 aliphatic rings. The Kier molecular flexibility index (Phi) is 4.91. The lowest BCUT2D eigenvalue weighted by atomic mass is 9.86. The van der Waals surface area contributed by atoms with Gasteiger partial charge in [-0.25, -0.2) is 0 Å². The van der Waals surface area contributed by atoms with Gasteiger partial charge in [0, 0.05) is 22.5 Å². The van der Waals surface area contributed by atoms with E-state index in [0.717, 1.165) is 27.5 Å². The Morgan fingerprint density at radius 3 is 2.46 bits per heavy atom. The quantitative estimate of drug-likeness (QED) is 0.557. The highest BCUT2D eigenvalue weighted by Gasteiger charge is 2.12. The smallest absolute Gasteiger partial charge is 0.130 e. The number of aromatic nitrogens is 1. The second-order valence-corrected chi connectivity index (χ2v) is 7.84. The van der Waals surface area contributed by atoms with E-state index < -0.39 is 0 Å². The Morgan fingerprint density at radius 1 is 1.00 bits per heavy atom. The first kappa shape index (κ1) is 17.0. The summed E-state index contributed by atoms with van der Waals surface area (Å²) in [6, 6.07) is 16.8. The van der Waals surface area contributed by atoms with Crippen LogP contribution in [0.15, 0.2) is 59.2 Å². The molecule has 0 N–H and O–H groups in total. The van der Waals surface area contributed by atoms with E-state index in [4.69, 9.17) is 4.74 Å². The van der Waals surface area contributed by atoms with E-state index in [0.29, 0.717) is 6.61 Å². The third-order valence-corrected chi connectivity index (χ3v) is 4.79. The van der Waals surface area contributed by atoms with Crippen molar-refractivity contribution < 1.29 is 4.74 Å². The van der Waals surface area contributed by atoms with Gasteiger partial charge in [0.05, 0.1) is 12.1 Å². The van der Waals surface area contributed by atoms with Gasteiger partial charge in [-0.05, 0) is 50.7 Å². The number of hydrogen-bond donors (Lipinski definition) is 0. The molecule has 0 unspecified atom stereocenters. The number of halogens is 1. The summed E-state index contributed by atoms with van der Waals surface area (Å²) in [6.45, 7) is 7.36. The van der Waals surface area contributed by atoms with Crippen LogP contribution in [-0.4, -0.2) is 11.6 Å². The van der Waals surface area contributed by atoms with Gasteiger partial charge >= 0.3 is 0 Å². The zero-order valence-electron chi connectivity index (χ0n) is 14.3. The maximum atomic E-state index is 6.01. The van der Waals surface area contributed by atoms with Gasteiger partial charge in [0.1, 0.15) is 5.75 Å². The number of para-hydroxylation sites is 1. The third-order valence-electron chi connectivity index (χ3n) is 4.15. The van der Waals surface area contributed by atoms with Crippen LogP contribution < -0.4 is 4.74 Å². The van der Waals surface area contributed by atoms with Crippen molar-refractivity contribution in [3.63, 3.8) is 0 Å². The van der Waals surface area contributed by atoms with Crippen LogP contribution >= 0.6 is 15.9 Å². The van der Waals surface area contributed by atoms with Gasteiger partial charge in [0.15, 0.2) is 0 Å².